The molecule has 3 heterocycles. The monoisotopic (exact) mass is 489 g/mol. The van der Waals surface area contributed by atoms with Crippen LogP contribution in [0.2, 0.25) is 0 Å². The van der Waals surface area contributed by atoms with Crippen molar-refractivity contribution in [1.82, 2.24) is 35.9 Å². The lowest BCUT2D eigenvalue weighted by molar-refractivity contribution is 0.574. The second kappa shape index (κ2) is 7.58. The molecule has 1 aliphatic rings. The molecule has 172 valence electrons. The minimum absolute atomic E-state index is 0.0904. The normalized spacial score (nSPS) is 17.1. The van der Waals surface area contributed by atoms with Crippen molar-refractivity contribution in [1.29, 1.82) is 0 Å². The molecule has 0 aliphatic carbocycles. The van der Waals surface area contributed by atoms with E-state index < -0.39 is 34.9 Å². The Balaban J connectivity index is 1.90. The summed E-state index contributed by atoms with van der Waals surface area (Å²) in [5, 5.41) is 21.4. The predicted molar refractivity (Wildman–Crippen MR) is 119 cm³/mol. The first-order valence-corrected chi connectivity index (χ1v) is 12.9. The summed E-state index contributed by atoms with van der Waals surface area (Å²) in [6.45, 7) is 0.713. The van der Waals surface area contributed by atoms with Crippen LogP contribution in [-0.4, -0.2) is 65.8 Å². The van der Waals surface area contributed by atoms with E-state index in [9.17, 15) is 16.8 Å². The fraction of sp³-hybridized carbons (Fsp3) is 0.222. The average molecular weight is 490 g/mol. The predicted octanol–water partition coefficient (Wildman–Crippen LogP) is -0.225. The Labute approximate surface area is 187 Å². The van der Waals surface area contributed by atoms with Gasteiger partial charge in [-0.05, 0) is 35.9 Å². The van der Waals surface area contributed by atoms with Crippen molar-refractivity contribution in [2.24, 2.45) is 5.14 Å². The number of tetrazole rings is 1. The molecule has 1 atom stereocenters. The van der Waals surface area contributed by atoms with Gasteiger partial charge in [0, 0.05) is 12.1 Å². The molecule has 13 nitrogen and oxygen atoms in total. The van der Waals surface area contributed by atoms with Gasteiger partial charge in [0.05, 0.1) is 26.7 Å². The molecule has 15 heteroatoms. The number of para-hydroxylation sites is 1. The van der Waals surface area contributed by atoms with Crippen LogP contribution in [0.3, 0.4) is 0 Å². The first-order valence-electron chi connectivity index (χ1n) is 9.80. The van der Waals surface area contributed by atoms with Crippen molar-refractivity contribution in [3.8, 4) is 22.5 Å². The van der Waals surface area contributed by atoms with Gasteiger partial charge < -0.3 is 16.0 Å². The van der Waals surface area contributed by atoms with Gasteiger partial charge in [0.1, 0.15) is 4.90 Å². The van der Waals surface area contributed by atoms with Crippen molar-refractivity contribution < 1.29 is 16.8 Å². The summed E-state index contributed by atoms with van der Waals surface area (Å²) in [6.07, 6.45) is 0.345. The van der Waals surface area contributed by atoms with E-state index >= 15 is 0 Å². The van der Waals surface area contributed by atoms with Crippen LogP contribution < -0.4 is 16.2 Å². The van der Waals surface area contributed by atoms with Crippen LogP contribution in [0.1, 0.15) is 6.42 Å². The molecule has 0 unspecified atom stereocenters. The van der Waals surface area contributed by atoms with E-state index in [-0.39, 0.29) is 23.9 Å². The van der Waals surface area contributed by atoms with Gasteiger partial charge >= 0.3 is 0 Å². The van der Waals surface area contributed by atoms with Crippen LogP contribution >= 0.6 is 0 Å². The minimum atomic E-state index is -4.56. The number of hydrogen-bond acceptors (Lipinski definition) is 10. The second-order valence-electron chi connectivity index (χ2n) is 7.58. The maximum atomic E-state index is 13.4. The summed E-state index contributed by atoms with van der Waals surface area (Å²) in [6, 6.07) is 7.92. The number of sulfone groups is 1. The summed E-state index contributed by atoms with van der Waals surface area (Å²) in [5.41, 5.74) is 7.57. The molecular weight excluding hydrogens is 470 g/mol. The number of benzene rings is 2. The average Bonchev–Trinajstić information content (AvgIpc) is 3.52. The first kappa shape index (κ1) is 21.4. The maximum Gasteiger partial charge on any atom is 0.240 e. The Bertz CT molecular complexity index is 1570. The Morgan fingerprint density at radius 3 is 2.55 bits per heavy atom. The molecule has 1 aliphatic heterocycles. The van der Waals surface area contributed by atoms with Crippen LogP contribution in [-0.2, 0) is 19.9 Å². The Morgan fingerprint density at radius 2 is 1.88 bits per heavy atom. The van der Waals surface area contributed by atoms with Gasteiger partial charge in [0.15, 0.2) is 15.8 Å². The Morgan fingerprint density at radius 1 is 1.06 bits per heavy atom. The summed E-state index contributed by atoms with van der Waals surface area (Å²) in [7, 11) is -8.61. The fourth-order valence-electron chi connectivity index (χ4n) is 4.13. The van der Waals surface area contributed by atoms with Gasteiger partial charge in [-0.25, -0.2) is 27.0 Å². The van der Waals surface area contributed by atoms with Gasteiger partial charge in [0.2, 0.25) is 15.8 Å². The van der Waals surface area contributed by atoms with Crippen molar-refractivity contribution >= 4 is 36.8 Å². The van der Waals surface area contributed by atoms with Crippen LogP contribution in [0, 0.1) is 0 Å². The molecule has 0 spiro atoms. The number of nitrogens with one attached hydrogen (secondary N) is 3. The van der Waals surface area contributed by atoms with Gasteiger partial charge in [-0.15, -0.1) is 10.2 Å². The minimum Gasteiger partial charge on any atom is -0.369 e. The molecule has 0 saturated carbocycles. The molecule has 0 radical (unpaired) electrons. The lowest BCUT2D eigenvalue weighted by atomic mass is 9.98. The summed E-state index contributed by atoms with van der Waals surface area (Å²) in [4.78, 5) is 6.20. The highest BCUT2D eigenvalue weighted by atomic mass is 32.2. The lowest BCUT2D eigenvalue weighted by Gasteiger charge is -2.18. The number of rotatable bonds is 5. The van der Waals surface area contributed by atoms with E-state index in [2.05, 4.69) is 35.9 Å². The highest BCUT2D eigenvalue weighted by Crippen LogP contribution is 2.41. The Kier molecular flexibility index (Phi) is 4.93. The molecule has 5 rings (SSSR count). The van der Waals surface area contributed by atoms with E-state index in [1.165, 1.54) is 12.1 Å². The number of primary sulfonamides is 1. The number of anilines is 1. The quantitative estimate of drug-likeness (QED) is 0.248. The van der Waals surface area contributed by atoms with Gasteiger partial charge in [0.25, 0.3) is 0 Å². The third kappa shape index (κ3) is 3.54. The number of aromatic amines is 2. The highest BCUT2D eigenvalue weighted by Gasteiger charge is 2.37. The standard InChI is InChI=1S/C18H19N9O4S2/c19-18-22-12-3-1-2-11(15(12)23-18)10-4-5-13(32(28,29)9-6-7-21-8-9)16(33(20,30)31)14(10)17-24-26-27-25-17/h1-5,9,21H,6-8H2,(H3,19,22,23)(H2,20,30,31)(H,24,25,26,27)/t9-/m1/s1. The van der Waals surface area contributed by atoms with Crippen molar-refractivity contribution in [3.05, 3.63) is 30.3 Å². The molecular formula is C18H19N9O4S2. The zero-order valence-corrected chi connectivity index (χ0v) is 18.6. The summed E-state index contributed by atoms with van der Waals surface area (Å²) < 4.78 is 52.6. The van der Waals surface area contributed by atoms with Crippen LogP contribution in [0.5, 0.6) is 0 Å². The van der Waals surface area contributed by atoms with Crippen LogP contribution in [0.15, 0.2) is 40.1 Å². The summed E-state index contributed by atoms with van der Waals surface area (Å²) in [5.74, 6) is 0.0364. The fourth-order valence-corrected chi connectivity index (χ4v) is 7.40. The van der Waals surface area contributed by atoms with Gasteiger partial charge in [-0.2, -0.15) is 5.21 Å². The van der Waals surface area contributed by atoms with Crippen molar-refractivity contribution in [3.63, 3.8) is 0 Å². The number of aromatic nitrogens is 6. The van der Waals surface area contributed by atoms with E-state index in [1.807, 2.05) is 0 Å². The highest BCUT2D eigenvalue weighted by molar-refractivity contribution is 7.94. The zero-order chi connectivity index (χ0) is 23.4. The van der Waals surface area contributed by atoms with Crippen LogP contribution in [0.4, 0.5) is 5.95 Å². The number of imidazole rings is 1. The number of nitrogens with zero attached hydrogens (tertiary/aromatic N) is 4. The maximum absolute atomic E-state index is 13.4. The molecule has 2 aromatic carbocycles. The third-order valence-electron chi connectivity index (χ3n) is 5.56. The van der Waals surface area contributed by atoms with Crippen LogP contribution in [0.25, 0.3) is 33.5 Å². The SMILES string of the molecule is Nc1nc2c(-c3ccc(S(=O)(=O)[C@@H]4CCNC4)c(S(N)(=O)=O)c3-c3nn[nH]n3)cccc2[nH]1. The van der Waals surface area contributed by atoms with E-state index in [4.69, 9.17) is 10.9 Å². The first-order chi connectivity index (χ1) is 15.7. The molecule has 0 bridgehead atoms. The van der Waals surface area contributed by atoms with E-state index in [0.29, 0.717) is 35.1 Å². The number of nitrogens with two attached hydrogens (primary N) is 2. The number of H-pyrrole nitrogens is 2. The molecule has 2 aromatic heterocycles. The number of nitrogen functional groups attached to an aromatic ring is 1. The molecule has 1 fully saturated rings. The number of fused-ring (bicyclic) bond motifs is 1. The lowest BCUT2D eigenvalue weighted by Crippen LogP contribution is -2.27. The smallest absolute Gasteiger partial charge is 0.240 e. The van der Waals surface area contributed by atoms with Gasteiger partial charge in [-0.1, -0.05) is 18.2 Å². The molecule has 33 heavy (non-hydrogen) atoms. The number of sulfonamides is 1. The van der Waals surface area contributed by atoms with Crippen molar-refractivity contribution in [2.75, 3.05) is 18.8 Å². The number of hydrogen-bond donors (Lipinski definition) is 5. The van der Waals surface area contributed by atoms with Gasteiger partial charge in [-0.3, -0.25) is 0 Å². The second-order valence-corrected chi connectivity index (χ2v) is 11.3. The zero-order valence-electron chi connectivity index (χ0n) is 17.0. The largest absolute Gasteiger partial charge is 0.369 e. The molecule has 1 saturated heterocycles. The summed E-state index contributed by atoms with van der Waals surface area (Å²) >= 11 is 0. The third-order valence-corrected chi connectivity index (χ3v) is 8.91. The van der Waals surface area contributed by atoms with E-state index in [0.717, 1.165) is 0 Å². The Hall–Kier alpha value is -3.40. The van der Waals surface area contributed by atoms with E-state index in [1.54, 1.807) is 18.2 Å². The van der Waals surface area contributed by atoms with Crippen molar-refractivity contribution in [2.45, 2.75) is 21.5 Å². The molecule has 0 amide bonds. The molecule has 4 aromatic rings. The topological polar surface area (TPSA) is 215 Å². The molecule has 7 N–H and O–H groups in total.